The largest absolute Gasteiger partial charge is 0.462 e. The molecule has 0 aliphatic heterocycles. The highest BCUT2D eigenvalue weighted by atomic mass is 16.6. The monoisotopic (exact) mass is 527 g/mol. The Morgan fingerprint density at radius 2 is 1.18 bits per heavy atom. The SMILES string of the molecule is C=C(CO)OC(=O)c1ccc(C(=O)OC(C)(C)C(C)COC(=O)c2ccc(C(=O)OC(C)(C)N)cc2)cc1. The van der Waals surface area contributed by atoms with E-state index in [9.17, 15) is 19.2 Å². The third kappa shape index (κ3) is 8.82. The molecule has 3 N–H and O–H groups in total. The van der Waals surface area contributed by atoms with Gasteiger partial charge in [-0.2, -0.15) is 0 Å². The zero-order chi connectivity index (χ0) is 28.7. The Balaban J connectivity index is 1.93. The van der Waals surface area contributed by atoms with Gasteiger partial charge in [0.05, 0.1) is 28.9 Å². The van der Waals surface area contributed by atoms with Crippen molar-refractivity contribution >= 4 is 23.9 Å². The van der Waals surface area contributed by atoms with Crippen LogP contribution in [0.15, 0.2) is 60.9 Å². The number of aliphatic hydroxyl groups is 1. The number of benzene rings is 2. The van der Waals surface area contributed by atoms with Crippen molar-refractivity contribution in [3.05, 3.63) is 83.1 Å². The van der Waals surface area contributed by atoms with Gasteiger partial charge in [-0.25, -0.2) is 19.2 Å². The van der Waals surface area contributed by atoms with Crippen molar-refractivity contribution in [2.45, 2.75) is 45.9 Å². The number of hydrogen-bond acceptors (Lipinski definition) is 10. The molecule has 0 radical (unpaired) electrons. The fourth-order valence-electron chi connectivity index (χ4n) is 2.89. The molecule has 0 saturated carbocycles. The zero-order valence-corrected chi connectivity index (χ0v) is 22.1. The van der Waals surface area contributed by atoms with Crippen molar-refractivity contribution in [2.24, 2.45) is 11.7 Å². The van der Waals surface area contributed by atoms with E-state index in [2.05, 4.69) is 6.58 Å². The third-order valence-corrected chi connectivity index (χ3v) is 5.49. The van der Waals surface area contributed by atoms with Gasteiger partial charge in [-0.1, -0.05) is 13.5 Å². The van der Waals surface area contributed by atoms with Gasteiger partial charge in [-0.05, 0) is 76.2 Å². The average Bonchev–Trinajstić information content (AvgIpc) is 2.85. The number of carbonyl (C=O) groups is 4. The lowest BCUT2D eigenvalue weighted by molar-refractivity contribution is -0.0419. The second-order valence-corrected chi connectivity index (χ2v) is 9.73. The van der Waals surface area contributed by atoms with Crippen LogP contribution < -0.4 is 5.73 Å². The molecule has 204 valence electrons. The standard InChI is InChI=1S/C28H33NO9/c1-17(16-35-23(31)19-7-11-22(12-8-19)26(34)38-28(5,6)29)27(3,4)37-25(33)21-13-9-20(10-14-21)24(32)36-18(2)15-30/h7-14,17,30H,2,15-16,29H2,1,3-6H3. The van der Waals surface area contributed by atoms with Crippen molar-refractivity contribution in [1.82, 2.24) is 0 Å². The second kappa shape index (κ2) is 12.5. The van der Waals surface area contributed by atoms with Crippen molar-refractivity contribution in [3.8, 4) is 0 Å². The van der Waals surface area contributed by atoms with Gasteiger partial charge < -0.3 is 24.1 Å². The molecule has 1 unspecified atom stereocenters. The number of carbonyl (C=O) groups excluding carboxylic acids is 4. The second-order valence-electron chi connectivity index (χ2n) is 9.73. The average molecular weight is 528 g/mol. The summed E-state index contributed by atoms with van der Waals surface area (Å²) < 4.78 is 20.9. The maximum atomic E-state index is 12.7. The van der Waals surface area contributed by atoms with Crippen LogP contribution in [0.5, 0.6) is 0 Å². The highest BCUT2D eigenvalue weighted by molar-refractivity contribution is 5.94. The molecule has 0 spiro atoms. The Hall–Kier alpha value is -4.02. The first-order valence-electron chi connectivity index (χ1n) is 11.8. The summed E-state index contributed by atoms with van der Waals surface area (Å²) in [5, 5.41) is 8.90. The van der Waals surface area contributed by atoms with Crippen LogP contribution in [0, 0.1) is 5.92 Å². The summed E-state index contributed by atoms with van der Waals surface area (Å²) in [6.45, 7) is 11.1. The van der Waals surface area contributed by atoms with Crippen LogP contribution in [0.2, 0.25) is 0 Å². The van der Waals surface area contributed by atoms with E-state index in [4.69, 9.17) is 29.8 Å². The Kier molecular flexibility index (Phi) is 9.92. The van der Waals surface area contributed by atoms with Crippen LogP contribution in [-0.2, 0) is 18.9 Å². The number of ether oxygens (including phenoxy) is 4. The molecule has 0 aromatic heterocycles. The Morgan fingerprint density at radius 1 is 0.789 bits per heavy atom. The van der Waals surface area contributed by atoms with Crippen molar-refractivity contribution < 1.29 is 43.2 Å². The summed E-state index contributed by atoms with van der Waals surface area (Å²) >= 11 is 0. The minimum atomic E-state index is -1.13. The van der Waals surface area contributed by atoms with Crippen molar-refractivity contribution in [2.75, 3.05) is 13.2 Å². The van der Waals surface area contributed by atoms with Gasteiger partial charge in [0.1, 0.15) is 18.0 Å². The van der Waals surface area contributed by atoms with Crippen LogP contribution in [0.1, 0.15) is 76.1 Å². The smallest absolute Gasteiger partial charge is 0.343 e. The molecule has 10 nitrogen and oxygen atoms in total. The van der Waals surface area contributed by atoms with E-state index < -0.39 is 41.8 Å². The predicted molar refractivity (Wildman–Crippen MR) is 137 cm³/mol. The molecule has 2 rings (SSSR count). The molecule has 0 fully saturated rings. The van der Waals surface area contributed by atoms with Gasteiger partial charge in [-0.3, -0.25) is 5.73 Å². The number of aliphatic hydroxyl groups excluding tert-OH is 1. The first kappa shape index (κ1) is 30.2. The maximum absolute atomic E-state index is 12.7. The minimum Gasteiger partial charge on any atom is -0.462 e. The zero-order valence-electron chi connectivity index (χ0n) is 22.1. The van der Waals surface area contributed by atoms with E-state index in [-0.39, 0.29) is 40.5 Å². The highest BCUT2D eigenvalue weighted by Gasteiger charge is 2.32. The van der Waals surface area contributed by atoms with E-state index in [0.29, 0.717) is 0 Å². The third-order valence-electron chi connectivity index (χ3n) is 5.49. The molecule has 0 aliphatic carbocycles. The van der Waals surface area contributed by atoms with Crippen LogP contribution in [0.25, 0.3) is 0 Å². The van der Waals surface area contributed by atoms with Gasteiger partial charge in [0, 0.05) is 5.92 Å². The van der Waals surface area contributed by atoms with Gasteiger partial charge in [-0.15, -0.1) is 0 Å². The lowest BCUT2D eigenvalue weighted by atomic mass is 9.93. The molecule has 0 saturated heterocycles. The van der Waals surface area contributed by atoms with E-state index in [1.165, 1.54) is 48.5 Å². The Labute approximate surface area is 221 Å². The predicted octanol–water partition coefficient (Wildman–Crippen LogP) is 3.63. The van der Waals surface area contributed by atoms with Gasteiger partial charge in [0.25, 0.3) is 0 Å². The summed E-state index contributed by atoms with van der Waals surface area (Å²) in [5.74, 6) is -3.04. The van der Waals surface area contributed by atoms with Gasteiger partial charge in [0.15, 0.2) is 5.72 Å². The summed E-state index contributed by atoms with van der Waals surface area (Å²) in [7, 11) is 0. The first-order chi connectivity index (χ1) is 17.6. The van der Waals surface area contributed by atoms with Crippen LogP contribution in [0.4, 0.5) is 0 Å². The lowest BCUT2D eigenvalue weighted by Crippen LogP contribution is -2.38. The summed E-state index contributed by atoms with van der Waals surface area (Å²) in [6.07, 6.45) is 0. The van der Waals surface area contributed by atoms with E-state index in [0.717, 1.165) is 0 Å². The van der Waals surface area contributed by atoms with Crippen molar-refractivity contribution in [3.63, 3.8) is 0 Å². The number of nitrogens with two attached hydrogens (primary N) is 1. The first-order valence-corrected chi connectivity index (χ1v) is 11.8. The molecule has 1 atom stereocenters. The molecule has 38 heavy (non-hydrogen) atoms. The topological polar surface area (TPSA) is 151 Å². The number of rotatable bonds is 11. The summed E-state index contributed by atoms with van der Waals surface area (Å²) in [5.41, 5.74) is 4.39. The molecular weight excluding hydrogens is 494 g/mol. The molecule has 0 heterocycles. The minimum absolute atomic E-state index is 0.0379. The van der Waals surface area contributed by atoms with E-state index in [1.54, 1.807) is 34.6 Å². The molecular formula is C28H33NO9. The normalized spacial score (nSPS) is 12.2. The summed E-state index contributed by atoms with van der Waals surface area (Å²) in [4.78, 5) is 49.2. The number of hydrogen-bond donors (Lipinski definition) is 2. The van der Waals surface area contributed by atoms with E-state index in [1.807, 2.05) is 0 Å². The van der Waals surface area contributed by atoms with Crippen molar-refractivity contribution in [1.29, 1.82) is 0 Å². The van der Waals surface area contributed by atoms with Gasteiger partial charge in [0.2, 0.25) is 0 Å². The molecule has 0 aliphatic rings. The molecule has 2 aromatic rings. The maximum Gasteiger partial charge on any atom is 0.343 e. The molecule has 10 heteroatoms. The molecule has 2 aromatic carbocycles. The molecule has 0 bridgehead atoms. The Bertz CT molecular complexity index is 1180. The highest BCUT2D eigenvalue weighted by Crippen LogP contribution is 2.24. The fraction of sp³-hybridized carbons (Fsp3) is 0.357. The fourth-order valence-corrected chi connectivity index (χ4v) is 2.89. The molecule has 0 amide bonds. The number of esters is 4. The van der Waals surface area contributed by atoms with Crippen LogP contribution >= 0.6 is 0 Å². The van der Waals surface area contributed by atoms with Gasteiger partial charge >= 0.3 is 23.9 Å². The summed E-state index contributed by atoms with van der Waals surface area (Å²) in [6, 6.07) is 11.4. The van der Waals surface area contributed by atoms with Crippen LogP contribution in [0.3, 0.4) is 0 Å². The lowest BCUT2D eigenvalue weighted by Gasteiger charge is -2.31. The van der Waals surface area contributed by atoms with Crippen LogP contribution in [-0.4, -0.2) is 53.5 Å². The van der Waals surface area contributed by atoms with E-state index >= 15 is 0 Å². The quantitative estimate of drug-likeness (QED) is 0.192. The Morgan fingerprint density at radius 3 is 1.61 bits per heavy atom.